The molecule has 8 heteroatoms. The van der Waals surface area contributed by atoms with Gasteiger partial charge in [0, 0.05) is 20.2 Å². The summed E-state index contributed by atoms with van der Waals surface area (Å²) in [6, 6.07) is 9.30. The molecule has 0 amide bonds. The summed E-state index contributed by atoms with van der Waals surface area (Å²) in [4.78, 5) is 4.60. The Morgan fingerprint density at radius 2 is 1.62 bits per heavy atom. The molecule has 1 fully saturated rings. The molecular formula is C21H34BN3O3Si. The Morgan fingerprint density at radius 3 is 2.17 bits per heavy atom. The largest absolute Gasteiger partial charge is 0.494 e. The highest BCUT2D eigenvalue weighted by molar-refractivity contribution is 6.76. The Labute approximate surface area is 176 Å². The molecule has 0 spiro atoms. The van der Waals surface area contributed by atoms with E-state index in [9.17, 15) is 0 Å². The highest BCUT2D eigenvalue weighted by Gasteiger charge is 2.51. The summed E-state index contributed by atoms with van der Waals surface area (Å²) < 4.78 is 20.0. The fourth-order valence-electron chi connectivity index (χ4n) is 3.06. The topological polar surface area (TPSA) is 58.4 Å². The van der Waals surface area contributed by atoms with Crippen molar-refractivity contribution in [3.63, 3.8) is 0 Å². The summed E-state index contributed by atoms with van der Waals surface area (Å²) in [6.07, 6.45) is 0. The number of hydrogen-bond acceptors (Lipinski definition) is 5. The minimum atomic E-state index is -1.10. The fraction of sp³-hybridized carbons (Fsp3) is 0.619. The Hall–Kier alpha value is -1.48. The zero-order valence-electron chi connectivity index (χ0n) is 19.1. The molecule has 3 rings (SSSR count). The van der Waals surface area contributed by atoms with Gasteiger partial charge in [0.05, 0.1) is 11.2 Å². The lowest BCUT2D eigenvalue weighted by atomic mass is 9.79. The predicted octanol–water partition coefficient (Wildman–Crippen LogP) is 3.87. The molecule has 29 heavy (non-hydrogen) atoms. The third kappa shape index (κ3) is 5.17. The van der Waals surface area contributed by atoms with E-state index in [4.69, 9.17) is 14.0 Å². The lowest BCUT2D eigenvalue weighted by Gasteiger charge is -2.32. The van der Waals surface area contributed by atoms with Crippen molar-refractivity contribution >= 4 is 20.7 Å². The van der Waals surface area contributed by atoms with Gasteiger partial charge >= 0.3 is 7.12 Å². The van der Waals surface area contributed by atoms with Crippen molar-refractivity contribution in [2.75, 3.05) is 6.61 Å². The van der Waals surface area contributed by atoms with Gasteiger partial charge in [-0.25, -0.2) is 9.67 Å². The van der Waals surface area contributed by atoms with E-state index >= 15 is 0 Å². The molecule has 0 bridgehead atoms. The molecule has 0 aliphatic carbocycles. The third-order valence-corrected chi connectivity index (χ3v) is 7.39. The van der Waals surface area contributed by atoms with E-state index in [1.165, 1.54) is 0 Å². The smallest absolute Gasteiger partial charge is 0.399 e. The lowest BCUT2D eigenvalue weighted by Crippen LogP contribution is -2.41. The van der Waals surface area contributed by atoms with Crippen LogP contribution in [0.4, 0.5) is 0 Å². The summed E-state index contributed by atoms with van der Waals surface area (Å²) in [6.45, 7) is 18.4. The molecule has 1 aliphatic rings. The van der Waals surface area contributed by atoms with Crippen molar-refractivity contribution in [2.45, 2.75) is 78.2 Å². The second-order valence-electron chi connectivity index (χ2n) is 10.0. The first-order valence-corrected chi connectivity index (χ1v) is 14.0. The molecule has 1 aliphatic heterocycles. The fourth-order valence-corrected chi connectivity index (χ4v) is 3.81. The van der Waals surface area contributed by atoms with Crippen LogP contribution in [-0.2, 0) is 20.8 Å². The monoisotopic (exact) mass is 415 g/mol. The zero-order valence-corrected chi connectivity index (χ0v) is 20.1. The van der Waals surface area contributed by atoms with E-state index in [1.54, 1.807) is 0 Å². The van der Waals surface area contributed by atoms with Crippen LogP contribution in [0, 0.1) is 6.92 Å². The second-order valence-corrected chi connectivity index (χ2v) is 15.7. The van der Waals surface area contributed by atoms with E-state index in [2.05, 4.69) is 57.4 Å². The van der Waals surface area contributed by atoms with Gasteiger partial charge in [-0.1, -0.05) is 43.9 Å². The Balaban J connectivity index is 1.71. The maximum Gasteiger partial charge on any atom is 0.494 e. The molecule has 1 saturated heterocycles. The molecule has 0 N–H and O–H groups in total. The average Bonchev–Trinajstić information content (AvgIpc) is 3.07. The number of ether oxygens (including phenoxy) is 1. The average molecular weight is 415 g/mol. The first kappa shape index (κ1) is 22.2. The van der Waals surface area contributed by atoms with Crippen LogP contribution < -0.4 is 5.46 Å². The van der Waals surface area contributed by atoms with Crippen LogP contribution in [0.1, 0.15) is 33.5 Å². The first-order valence-electron chi connectivity index (χ1n) is 10.3. The van der Waals surface area contributed by atoms with Crippen LogP contribution in [0.5, 0.6) is 0 Å². The molecule has 2 heterocycles. The highest BCUT2D eigenvalue weighted by Crippen LogP contribution is 2.36. The van der Waals surface area contributed by atoms with Crippen LogP contribution >= 0.6 is 0 Å². The number of hydrogen-bond donors (Lipinski definition) is 0. The van der Waals surface area contributed by atoms with Crippen LogP contribution in [0.25, 0.3) is 11.4 Å². The summed E-state index contributed by atoms with van der Waals surface area (Å²) in [5.41, 5.74) is 1.31. The molecule has 158 valence electrons. The summed E-state index contributed by atoms with van der Waals surface area (Å²) >= 11 is 0. The number of benzene rings is 1. The van der Waals surface area contributed by atoms with Crippen LogP contribution in [-0.4, -0.2) is 47.8 Å². The highest BCUT2D eigenvalue weighted by atomic mass is 28.3. The van der Waals surface area contributed by atoms with Crippen molar-refractivity contribution in [3.8, 4) is 11.4 Å². The van der Waals surface area contributed by atoms with E-state index in [0.717, 1.165) is 35.3 Å². The van der Waals surface area contributed by atoms with Crippen molar-refractivity contribution in [1.82, 2.24) is 14.8 Å². The Kier molecular flexibility index (Phi) is 6.11. The molecule has 0 atom stereocenters. The standard InChI is InChI=1S/C21H34BN3O3Si/c1-16-23-19(25(24-16)15-26-13-14-29(6,7)8)17-9-11-18(12-10-17)22-27-20(2,3)21(4,5)28-22/h9-12H,13-15H2,1-8H3. The van der Waals surface area contributed by atoms with Crippen molar-refractivity contribution in [2.24, 2.45) is 0 Å². The quantitative estimate of drug-likeness (QED) is 0.508. The van der Waals surface area contributed by atoms with E-state index < -0.39 is 8.07 Å². The van der Waals surface area contributed by atoms with Crippen molar-refractivity contribution < 1.29 is 14.0 Å². The van der Waals surface area contributed by atoms with Gasteiger partial charge in [-0.2, -0.15) is 5.10 Å². The van der Waals surface area contributed by atoms with Gasteiger partial charge in [0.2, 0.25) is 0 Å². The number of rotatable bonds is 7. The molecule has 0 unspecified atom stereocenters. The van der Waals surface area contributed by atoms with Gasteiger partial charge in [0.25, 0.3) is 0 Å². The molecule has 0 radical (unpaired) electrons. The van der Waals surface area contributed by atoms with Gasteiger partial charge in [-0.05, 0) is 46.1 Å². The van der Waals surface area contributed by atoms with Gasteiger partial charge in [0.15, 0.2) is 5.82 Å². The molecule has 1 aromatic carbocycles. The lowest BCUT2D eigenvalue weighted by molar-refractivity contribution is 0.00578. The summed E-state index contributed by atoms with van der Waals surface area (Å²) in [7, 11) is -1.46. The minimum absolute atomic E-state index is 0.346. The number of nitrogens with zero attached hydrogens (tertiary/aromatic N) is 3. The van der Waals surface area contributed by atoms with E-state index in [0.29, 0.717) is 6.73 Å². The molecule has 2 aromatic rings. The number of aromatic nitrogens is 3. The first-order chi connectivity index (χ1) is 13.4. The van der Waals surface area contributed by atoms with Crippen LogP contribution in [0.15, 0.2) is 24.3 Å². The molecule has 6 nitrogen and oxygen atoms in total. The number of aryl methyl sites for hydroxylation is 1. The predicted molar refractivity (Wildman–Crippen MR) is 120 cm³/mol. The van der Waals surface area contributed by atoms with Crippen LogP contribution in [0.2, 0.25) is 25.7 Å². The SMILES string of the molecule is Cc1nc(-c2ccc(B3OC(C)(C)C(C)(C)O3)cc2)n(COCC[Si](C)(C)C)n1. The Morgan fingerprint density at radius 1 is 1.03 bits per heavy atom. The van der Waals surface area contributed by atoms with Crippen molar-refractivity contribution in [3.05, 3.63) is 30.1 Å². The van der Waals surface area contributed by atoms with Gasteiger partial charge in [0.1, 0.15) is 12.6 Å². The van der Waals surface area contributed by atoms with E-state index in [1.807, 2.05) is 35.9 Å². The van der Waals surface area contributed by atoms with E-state index in [-0.39, 0.29) is 18.3 Å². The van der Waals surface area contributed by atoms with Gasteiger partial charge in [-0.15, -0.1) is 0 Å². The summed E-state index contributed by atoms with van der Waals surface area (Å²) in [5, 5.41) is 4.50. The van der Waals surface area contributed by atoms with Crippen LogP contribution in [0.3, 0.4) is 0 Å². The minimum Gasteiger partial charge on any atom is -0.399 e. The summed E-state index contributed by atoms with van der Waals surface area (Å²) in [5.74, 6) is 1.56. The van der Waals surface area contributed by atoms with Gasteiger partial charge in [-0.3, -0.25) is 0 Å². The van der Waals surface area contributed by atoms with Gasteiger partial charge < -0.3 is 14.0 Å². The normalized spacial score (nSPS) is 18.4. The maximum atomic E-state index is 6.14. The molecule has 1 aromatic heterocycles. The Bertz CT molecular complexity index is 828. The third-order valence-electron chi connectivity index (χ3n) is 5.68. The zero-order chi connectivity index (χ0) is 21.4. The second kappa shape index (κ2) is 7.98. The molecular weight excluding hydrogens is 381 g/mol. The maximum absolute atomic E-state index is 6.14. The van der Waals surface area contributed by atoms with Crippen molar-refractivity contribution in [1.29, 1.82) is 0 Å². The molecule has 0 saturated carbocycles.